The zero-order valence-corrected chi connectivity index (χ0v) is 11.2. The number of amides is 1. The van der Waals surface area contributed by atoms with Gasteiger partial charge in [-0.2, -0.15) is 0 Å². The van der Waals surface area contributed by atoms with Gasteiger partial charge in [0.1, 0.15) is 0 Å². The zero-order valence-electron chi connectivity index (χ0n) is 8.20. The molecule has 0 radical (unpaired) electrons. The van der Waals surface area contributed by atoms with Gasteiger partial charge in [-0.25, -0.2) is 0 Å². The van der Waals surface area contributed by atoms with Gasteiger partial charge in [-0.05, 0) is 53.3 Å². The molecule has 1 fully saturated rings. The van der Waals surface area contributed by atoms with Gasteiger partial charge in [0.15, 0.2) is 0 Å². The van der Waals surface area contributed by atoms with Crippen LogP contribution >= 0.6 is 34.4 Å². The molecule has 1 heterocycles. The summed E-state index contributed by atoms with van der Waals surface area (Å²) in [6.07, 6.45) is 2.18. The minimum Gasteiger partial charge on any atom is -0.324 e. The number of halogens is 1. The number of thioether (sulfide) groups is 1. The Balaban J connectivity index is 2.02. The lowest BCUT2D eigenvalue weighted by Gasteiger charge is -2.10. The third-order valence-corrected chi connectivity index (χ3v) is 4.67. The maximum atomic E-state index is 11.8. The minimum absolute atomic E-state index is 0.154. The van der Waals surface area contributed by atoms with Gasteiger partial charge in [0.25, 0.3) is 0 Å². The second-order valence-electron chi connectivity index (χ2n) is 3.47. The molecule has 1 aliphatic heterocycles. The van der Waals surface area contributed by atoms with Crippen molar-refractivity contribution >= 4 is 45.9 Å². The van der Waals surface area contributed by atoms with Crippen LogP contribution < -0.4 is 5.32 Å². The van der Waals surface area contributed by atoms with Crippen LogP contribution in [0.4, 0.5) is 5.69 Å². The van der Waals surface area contributed by atoms with Crippen LogP contribution in [0.2, 0.25) is 0 Å². The summed E-state index contributed by atoms with van der Waals surface area (Å²) in [6.45, 7) is 0. The van der Waals surface area contributed by atoms with E-state index < -0.39 is 0 Å². The Morgan fingerprint density at radius 3 is 2.93 bits per heavy atom. The number of hydrogen-bond donors (Lipinski definition) is 1. The number of anilines is 1. The fourth-order valence-corrected chi connectivity index (χ4v) is 3.24. The Bertz CT molecular complexity index is 363. The number of rotatable bonds is 2. The van der Waals surface area contributed by atoms with Crippen LogP contribution in [-0.4, -0.2) is 16.9 Å². The van der Waals surface area contributed by atoms with Crippen molar-refractivity contribution in [1.29, 1.82) is 0 Å². The molecule has 1 aromatic rings. The second-order valence-corrected chi connectivity index (χ2v) is 5.94. The van der Waals surface area contributed by atoms with E-state index in [9.17, 15) is 4.79 Å². The van der Waals surface area contributed by atoms with E-state index in [2.05, 4.69) is 27.9 Å². The first kappa shape index (κ1) is 11.3. The Kier molecular flexibility index (Phi) is 3.91. The predicted octanol–water partition coefficient (Wildman–Crippen LogP) is 3.13. The fraction of sp³-hybridized carbons (Fsp3) is 0.364. The lowest BCUT2D eigenvalue weighted by Crippen LogP contribution is -2.23. The van der Waals surface area contributed by atoms with Gasteiger partial charge in [0.05, 0.1) is 10.9 Å². The SMILES string of the molecule is O=C(Nc1ccccc1I)C1CCCS1. The monoisotopic (exact) mass is 333 g/mol. The first-order valence-corrected chi connectivity index (χ1v) is 7.07. The maximum absolute atomic E-state index is 11.8. The van der Waals surface area contributed by atoms with Crippen molar-refractivity contribution in [2.24, 2.45) is 0 Å². The highest BCUT2D eigenvalue weighted by atomic mass is 127. The number of benzene rings is 1. The summed E-state index contributed by atoms with van der Waals surface area (Å²) < 4.78 is 1.09. The molecule has 1 atom stereocenters. The Labute approximate surface area is 107 Å². The summed E-state index contributed by atoms with van der Waals surface area (Å²) in [5.41, 5.74) is 0.926. The largest absolute Gasteiger partial charge is 0.324 e. The summed E-state index contributed by atoms with van der Waals surface area (Å²) in [6, 6.07) is 7.86. The Morgan fingerprint density at radius 2 is 2.27 bits per heavy atom. The van der Waals surface area contributed by atoms with Crippen LogP contribution in [0.5, 0.6) is 0 Å². The van der Waals surface area contributed by atoms with E-state index in [4.69, 9.17) is 0 Å². The number of nitrogens with one attached hydrogen (secondary N) is 1. The molecule has 0 bridgehead atoms. The standard InChI is InChI=1S/C11H12INOS/c12-8-4-1-2-5-9(8)13-11(14)10-6-3-7-15-10/h1-2,4-5,10H,3,6-7H2,(H,13,14). The molecule has 1 unspecified atom stereocenters. The lowest BCUT2D eigenvalue weighted by molar-refractivity contribution is -0.115. The van der Waals surface area contributed by atoms with Gasteiger partial charge in [0, 0.05) is 3.57 Å². The molecular formula is C11H12INOS. The summed E-state index contributed by atoms with van der Waals surface area (Å²) in [5, 5.41) is 3.14. The third kappa shape index (κ3) is 2.87. The fourth-order valence-electron chi connectivity index (χ4n) is 1.56. The van der Waals surface area contributed by atoms with Crippen LogP contribution in [-0.2, 0) is 4.79 Å². The molecule has 0 aliphatic carbocycles. The highest BCUT2D eigenvalue weighted by molar-refractivity contribution is 14.1. The van der Waals surface area contributed by atoms with E-state index in [0.29, 0.717) is 0 Å². The topological polar surface area (TPSA) is 29.1 Å². The van der Waals surface area contributed by atoms with Crippen LogP contribution in [0.15, 0.2) is 24.3 Å². The molecule has 2 rings (SSSR count). The van der Waals surface area contributed by atoms with Crippen molar-refractivity contribution < 1.29 is 4.79 Å². The Hall–Kier alpha value is -0.230. The van der Waals surface area contributed by atoms with Crippen LogP contribution in [0.25, 0.3) is 0 Å². The van der Waals surface area contributed by atoms with E-state index in [0.717, 1.165) is 27.9 Å². The molecule has 4 heteroatoms. The quantitative estimate of drug-likeness (QED) is 0.843. The van der Waals surface area contributed by atoms with Gasteiger partial charge in [-0.15, -0.1) is 11.8 Å². The van der Waals surface area contributed by atoms with E-state index in [1.807, 2.05) is 24.3 Å². The molecule has 1 aliphatic rings. The third-order valence-electron chi connectivity index (χ3n) is 2.35. The van der Waals surface area contributed by atoms with Crippen LogP contribution in [0.1, 0.15) is 12.8 Å². The van der Waals surface area contributed by atoms with E-state index in [1.165, 1.54) is 0 Å². The molecule has 80 valence electrons. The minimum atomic E-state index is 0.154. The predicted molar refractivity (Wildman–Crippen MR) is 73.3 cm³/mol. The first-order chi connectivity index (χ1) is 7.27. The van der Waals surface area contributed by atoms with Gasteiger partial charge in [-0.1, -0.05) is 12.1 Å². The molecule has 2 nitrogen and oxygen atoms in total. The van der Waals surface area contributed by atoms with Gasteiger partial charge >= 0.3 is 0 Å². The van der Waals surface area contributed by atoms with Gasteiger partial charge in [0.2, 0.25) is 5.91 Å². The Morgan fingerprint density at radius 1 is 1.47 bits per heavy atom. The van der Waals surface area contributed by atoms with E-state index >= 15 is 0 Å². The number of para-hydroxylation sites is 1. The van der Waals surface area contributed by atoms with Crippen molar-refractivity contribution in [2.45, 2.75) is 18.1 Å². The smallest absolute Gasteiger partial charge is 0.237 e. The lowest BCUT2D eigenvalue weighted by atomic mass is 10.2. The number of carbonyl (C=O) groups is 1. The highest BCUT2D eigenvalue weighted by Gasteiger charge is 2.23. The van der Waals surface area contributed by atoms with Crippen molar-refractivity contribution in [3.05, 3.63) is 27.8 Å². The van der Waals surface area contributed by atoms with Crippen molar-refractivity contribution in [3.63, 3.8) is 0 Å². The maximum Gasteiger partial charge on any atom is 0.237 e. The van der Waals surface area contributed by atoms with Crippen molar-refractivity contribution in [1.82, 2.24) is 0 Å². The normalized spacial score (nSPS) is 20.2. The van der Waals surface area contributed by atoms with Gasteiger partial charge < -0.3 is 5.32 Å². The molecule has 1 N–H and O–H groups in total. The molecular weight excluding hydrogens is 321 g/mol. The molecule has 1 aromatic carbocycles. The number of hydrogen-bond acceptors (Lipinski definition) is 2. The molecule has 1 saturated heterocycles. The molecule has 1 amide bonds. The van der Waals surface area contributed by atoms with Crippen molar-refractivity contribution in [2.75, 3.05) is 11.1 Å². The molecule has 0 aromatic heterocycles. The summed E-state index contributed by atoms with van der Waals surface area (Å²) in [7, 11) is 0. The van der Waals surface area contributed by atoms with Crippen LogP contribution in [0.3, 0.4) is 0 Å². The summed E-state index contributed by atoms with van der Waals surface area (Å²) in [4.78, 5) is 11.8. The average Bonchev–Trinajstić information content (AvgIpc) is 2.74. The molecule has 0 saturated carbocycles. The van der Waals surface area contributed by atoms with E-state index in [-0.39, 0.29) is 11.2 Å². The van der Waals surface area contributed by atoms with Gasteiger partial charge in [-0.3, -0.25) is 4.79 Å². The zero-order chi connectivity index (χ0) is 10.7. The van der Waals surface area contributed by atoms with Crippen molar-refractivity contribution in [3.8, 4) is 0 Å². The first-order valence-electron chi connectivity index (χ1n) is 4.94. The number of carbonyl (C=O) groups excluding carboxylic acids is 1. The van der Waals surface area contributed by atoms with Crippen LogP contribution in [0, 0.1) is 3.57 Å². The second kappa shape index (κ2) is 5.21. The summed E-state index contributed by atoms with van der Waals surface area (Å²) in [5.74, 6) is 1.27. The highest BCUT2D eigenvalue weighted by Crippen LogP contribution is 2.27. The summed E-state index contributed by atoms with van der Waals surface area (Å²) >= 11 is 4.00. The molecule has 0 spiro atoms. The molecule has 15 heavy (non-hydrogen) atoms. The van der Waals surface area contributed by atoms with E-state index in [1.54, 1.807) is 11.8 Å². The average molecular weight is 333 g/mol.